The maximum Gasteiger partial charge on any atom is 0.224 e. The number of nitrogens with one attached hydrogen (secondary N) is 1. The lowest BCUT2D eigenvalue weighted by molar-refractivity contribution is 1.05. The Morgan fingerprint density at radius 1 is 1.53 bits per heavy atom. The zero-order chi connectivity index (χ0) is 12.3. The van der Waals surface area contributed by atoms with Crippen LogP contribution < -0.4 is 5.32 Å². The molecule has 17 heavy (non-hydrogen) atoms. The van der Waals surface area contributed by atoms with E-state index in [1.54, 1.807) is 17.5 Å². The topological polar surface area (TPSA) is 37.8 Å². The number of hydrogen-bond acceptors (Lipinski definition) is 4. The first-order chi connectivity index (χ1) is 8.20. The summed E-state index contributed by atoms with van der Waals surface area (Å²) in [4.78, 5) is 9.34. The number of halogens is 2. The standard InChI is InChI=1S/C11H11BrClN3S/c1-2-7-3-4-17-9(7)6-14-10-8(12)5-15-11(13)16-10/h3-5H,2,6H2,1H3,(H,14,15,16). The van der Waals surface area contributed by atoms with Gasteiger partial charge < -0.3 is 5.32 Å². The molecular formula is C11H11BrClN3S. The van der Waals surface area contributed by atoms with E-state index in [9.17, 15) is 0 Å². The number of aromatic nitrogens is 2. The number of rotatable bonds is 4. The summed E-state index contributed by atoms with van der Waals surface area (Å²) in [5.74, 6) is 0.723. The van der Waals surface area contributed by atoms with E-state index in [1.165, 1.54) is 10.4 Å². The van der Waals surface area contributed by atoms with E-state index < -0.39 is 0 Å². The smallest absolute Gasteiger partial charge is 0.224 e. The molecule has 0 aromatic carbocycles. The molecule has 0 amide bonds. The summed E-state index contributed by atoms with van der Waals surface area (Å²) in [6, 6.07) is 2.16. The summed E-state index contributed by atoms with van der Waals surface area (Å²) in [5, 5.41) is 5.62. The summed E-state index contributed by atoms with van der Waals surface area (Å²) in [6.07, 6.45) is 2.69. The van der Waals surface area contributed by atoms with Crippen LogP contribution in [-0.2, 0) is 13.0 Å². The summed E-state index contributed by atoms with van der Waals surface area (Å²) in [7, 11) is 0. The lowest BCUT2D eigenvalue weighted by atomic mass is 10.2. The molecule has 1 N–H and O–H groups in total. The molecule has 0 aliphatic carbocycles. The average molecular weight is 333 g/mol. The van der Waals surface area contributed by atoms with Crippen molar-refractivity contribution >= 4 is 44.7 Å². The molecule has 90 valence electrons. The first kappa shape index (κ1) is 12.8. The quantitative estimate of drug-likeness (QED) is 0.856. The fourth-order valence-electron chi connectivity index (χ4n) is 1.47. The molecule has 0 fully saturated rings. The lowest BCUT2D eigenvalue weighted by Gasteiger charge is -2.07. The highest BCUT2D eigenvalue weighted by atomic mass is 79.9. The Morgan fingerprint density at radius 2 is 2.35 bits per heavy atom. The maximum atomic E-state index is 5.76. The van der Waals surface area contributed by atoms with Crippen molar-refractivity contribution in [2.75, 3.05) is 5.32 Å². The number of anilines is 1. The fraction of sp³-hybridized carbons (Fsp3) is 0.273. The van der Waals surface area contributed by atoms with Gasteiger partial charge in [0.1, 0.15) is 5.82 Å². The van der Waals surface area contributed by atoms with Gasteiger partial charge in [-0.1, -0.05) is 6.92 Å². The minimum absolute atomic E-state index is 0.248. The van der Waals surface area contributed by atoms with Crippen molar-refractivity contribution in [3.05, 3.63) is 37.8 Å². The zero-order valence-corrected chi connectivity index (χ0v) is 12.4. The molecule has 2 heterocycles. The van der Waals surface area contributed by atoms with Gasteiger partial charge in [0.05, 0.1) is 11.0 Å². The van der Waals surface area contributed by atoms with Crippen LogP contribution in [0.5, 0.6) is 0 Å². The van der Waals surface area contributed by atoms with Crippen molar-refractivity contribution in [2.24, 2.45) is 0 Å². The van der Waals surface area contributed by atoms with Crippen LogP contribution in [-0.4, -0.2) is 9.97 Å². The predicted octanol–water partition coefficient (Wildman–Crippen LogP) is 4.13. The van der Waals surface area contributed by atoms with E-state index in [0.29, 0.717) is 0 Å². The second kappa shape index (κ2) is 5.80. The van der Waals surface area contributed by atoms with Gasteiger partial charge in [0.25, 0.3) is 0 Å². The molecule has 0 unspecified atom stereocenters. The Bertz CT molecular complexity index is 515. The molecule has 6 heteroatoms. The van der Waals surface area contributed by atoms with Crippen molar-refractivity contribution in [3.8, 4) is 0 Å². The monoisotopic (exact) mass is 331 g/mol. The van der Waals surface area contributed by atoms with Crippen LogP contribution in [0, 0.1) is 0 Å². The molecule has 0 aliphatic rings. The number of thiophene rings is 1. The Hall–Kier alpha value is -0.650. The molecule has 3 nitrogen and oxygen atoms in total. The summed E-state index contributed by atoms with van der Waals surface area (Å²) in [5.41, 5.74) is 1.37. The van der Waals surface area contributed by atoms with E-state index in [1.807, 2.05) is 0 Å². The molecular weight excluding hydrogens is 322 g/mol. The molecule has 0 atom stereocenters. The molecule has 2 aromatic heterocycles. The van der Waals surface area contributed by atoms with Crippen LogP contribution in [0.3, 0.4) is 0 Å². The molecule has 2 aromatic rings. The molecule has 2 rings (SSSR count). The van der Waals surface area contributed by atoms with Crippen molar-refractivity contribution in [2.45, 2.75) is 19.9 Å². The number of nitrogens with zero attached hydrogens (tertiary/aromatic N) is 2. The zero-order valence-electron chi connectivity index (χ0n) is 9.20. The third-order valence-corrected chi connectivity index (χ3v) is 4.08. The van der Waals surface area contributed by atoms with Gasteiger partial charge in [-0.25, -0.2) is 4.98 Å². The third-order valence-electron chi connectivity index (χ3n) is 2.35. The van der Waals surface area contributed by atoms with Crippen LogP contribution in [0.15, 0.2) is 22.1 Å². The van der Waals surface area contributed by atoms with Crippen molar-refractivity contribution in [3.63, 3.8) is 0 Å². The first-order valence-corrected chi connectivity index (χ1v) is 7.23. The van der Waals surface area contributed by atoms with Crippen LogP contribution in [0.2, 0.25) is 5.28 Å². The van der Waals surface area contributed by atoms with E-state index in [4.69, 9.17) is 11.6 Å². The van der Waals surface area contributed by atoms with Crippen molar-refractivity contribution in [1.29, 1.82) is 0 Å². The van der Waals surface area contributed by atoms with Crippen LogP contribution in [0.25, 0.3) is 0 Å². The van der Waals surface area contributed by atoms with Gasteiger partial charge in [0.15, 0.2) is 0 Å². The highest BCUT2D eigenvalue weighted by Gasteiger charge is 2.06. The Morgan fingerprint density at radius 3 is 3.12 bits per heavy atom. The van der Waals surface area contributed by atoms with Gasteiger partial charge in [-0.05, 0) is 51.0 Å². The van der Waals surface area contributed by atoms with Crippen LogP contribution in [0.1, 0.15) is 17.4 Å². The molecule has 0 saturated carbocycles. The number of hydrogen-bond donors (Lipinski definition) is 1. The SMILES string of the molecule is CCc1ccsc1CNc1nc(Cl)ncc1Br. The second-order valence-electron chi connectivity index (χ2n) is 3.41. The van der Waals surface area contributed by atoms with Crippen molar-refractivity contribution in [1.82, 2.24) is 9.97 Å². The minimum Gasteiger partial charge on any atom is -0.364 e. The minimum atomic E-state index is 0.248. The van der Waals surface area contributed by atoms with E-state index in [2.05, 4.69) is 49.6 Å². The highest BCUT2D eigenvalue weighted by molar-refractivity contribution is 9.10. The van der Waals surface area contributed by atoms with Crippen molar-refractivity contribution < 1.29 is 0 Å². The predicted molar refractivity (Wildman–Crippen MR) is 75.8 cm³/mol. The average Bonchev–Trinajstić information content (AvgIpc) is 2.77. The first-order valence-electron chi connectivity index (χ1n) is 5.18. The molecule has 0 radical (unpaired) electrons. The maximum absolute atomic E-state index is 5.76. The summed E-state index contributed by atoms with van der Waals surface area (Å²) in [6.45, 7) is 2.91. The van der Waals surface area contributed by atoms with Gasteiger partial charge >= 0.3 is 0 Å². The normalized spacial score (nSPS) is 10.5. The molecule has 0 bridgehead atoms. The molecule has 0 spiro atoms. The Labute approximate surface area is 117 Å². The van der Waals surface area contributed by atoms with E-state index in [0.717, 1.165) is 23.3 Å². The lowest BCUT2D eigenvalue weighted by Crippen LogP contribution is -2.03. The molecule has 0 saturated heterocycles. The Balaban J connectivity index is 2.09. The van der Waals surface area contributed by atoms with Crippen LogP contribution in [0.4, 0.5) is 5.82 Å². The van der Waals surface area contributed by atoms with Gasteiger partial charge in [0.2, 0.25) is 5.28 Å². The Kier molecular flexibility index (Phi) is 4.36. The van der Waals surface area contributed by atoms with Gasteiger partial charge in [-0.2, -0.15) is 4.98 Å². The van der Waals surface area contributed by atoms with E-state index >= 15 is 0 Å². The van der Waals surface area contributed by atoms with E-state index in [-0.39, 0.29) is 5.28 Å². The molecule has 0 aliphatic heterocycles. The van der Waals surface area contributed by atoms with Gasteiger partial charge in [-0.3, -0.25) is 0 Å². The number of aryl methyl sites for hydroxylation is 1. The highest BCUT2D eigenvalue weighted by Crippen LogP contribution is 2.23. The van der Waals surface area contributed by atoms with Gasteiger partial charge in [0, 0.05) is 11.1 Å². The van der Waals surface area contributed by atoms with Crippen LogP contribution >= 0.6 is 38.9 Å². The second-order valence-corrected chi connectivity index (χ2v) is 5.60. The largest absolute Gasteiger partial charge is 0.364 e. The van der Waals surface area contributed by atoms with Gasteiger partial charge in [-0.15, -0.1) is 11.3 Å². The third kappa shape index (κ3) is 3.18. The fourth-order valence-corrected chi connectivity index (χ4v) is 2.85. The summed E-state index contributed by atoms with van der Waals surface area (Å²) < 4.78 is 0.816. The summed E-state index contributed by atoms with van der Waals surface area (Å²) >= 11 is 10.9.